The minimum atomic E-state index is -1.01. The van der Waals surface area contributed by atoms with Crippen LogP contribution in [0.4, 0.5) is 0 Å². The van der Waals surface area contributed by atoms with Gasteiger partial charge in [-0.1, -0.05) is 6.07 Å². The average Bonchev–Trinajstić information content (AvgIpc) is 2.88. The number of hydrogen-bond donors (Lipinski definition) is 2. The van der Waals surface area contributed by atoms with E-state index < -0.39 is 5.97 Å². The second-order valence-corrected chi connectivity index (χ2v) is 4.31. The average molecular weight is 251 g/mol. The molecule has 1 aromatic rings. The summed E-state index contributed by atoms with van der Waals surface area (Å²) in [6.45, 7) is 2.41. The molecule has 0 aliphatic carbocycles. The molecule has 5 heteroatoms. The topological polar surface area (TPSA) is 67.8 Å². The third-order valence-corrected chi connectivity index (χ3v) is 3.05. The van der Waals surface area contributed by atoms with Crippen LogP contribution < -0.4 is 14.8 Å². The summed E-state index contributed by atoms with van der Waals surface area (Å²) in [4.78, 5) is 11.1. The molecule has 2 N–H and O–H groups in total. The molecule has 18 heavy (non-hydrogen) atoms. The Morgan fingerprint density at radius 2 is 2.39 bits per heavy atom. The number of para-hydroxylation sites is 1. The Morgan fingerprint density at radius 3 is 3.00 bits per heavy atom. The van der Waals surface area contributed by atoms with Crippen LogP contribution in [0.25, 0.3) is 0 Å². The second kappa shape index (κ2) is 5.73. The van der Waals surface area contributed by atoms with Crippen molar-refractivity contribution < 1.29 is 19.4 Å². The molecule has 0 spiro atoms. The number of benzene rings is 1. The summed E-state index contributed by atoms with van der Waals surface area (Å²) in [6.07, 6.45) is 1.05. The maximum absolute atomic E-state index is 11.1. The molecule has 5 nitrogen and oxygen atoms in total. The minimum absolute atomic E-state index is 0.139. The van der Waals surface area contributed by atoms with E-state index in [1.807, 2.05) is 0 Å². The van der Waals surface area contributed by atoms with Crippen LogP contribution in [0.2, 0.25) is 0 Å². The molecular formula is C13H17NO4. The van der Waals surface area contributed by atoms with E-state index in [9.17, 15) is 4.79 Å². The monoisotopic (exact) mass is 251 g/mol. The fourth-order valence-electron chi connectivity index (χ4n) is 2.05. The van der Waals surface area contributed by atoms with Gasteiger partial charge >= 0.3 is 5.97 Å². The highest BCUT2D eigenvalue weighted by molar-refractivity contribution is 5.92. The summed E-state index contributed by atoms with van der Waals surface area (Å²) < 4.78 is 10.8. The van der Waals surface area contributed by atoms with Crippen molar-refractivity contribution in [1.82, 2.24) is 5.32 Å². The Bertz CT molecular complexity index is 427. The first-order chi connectivity index (χ1) is 8.72. The summed E-state index contributed by atoms with van der Waals surface area (Å²) in [5.74, 6) is 0.199. The first kappa shape index (κ1) is 12.7. The zero-order valence-electron chi connectivity index (χ0n) is 10.3. The molecule has 1 saturated heterocycles. The maximum atomic E-state index is 11.1. The van der Waals surface area contributed by atoms with Gasteiger partial charge in [0.15, 0.2) is 11.5 Å². The van der Waals surface area contributed by atoms with Crippen molar-refractivity contribution in [3.63, 3.8) is 0 Å². The van der Waals surface area contributed by atoms with E-state index in [0.29, 0.717) is 24.0 Å². The number of rotatable bonds is 5. The molecule has 1 fully saturated rings. The van der Waals surface area contributed by atoms with E-state index in [2.05, 4.69) is 5.32 Å². The molecular weight excluding hydrogens is 234 g/mol. The maximum Gasteiger partial charge on any atom is 0.339 e. The van der Waals surface area contributed by atoms with Gasteiger partial charge in [-0.25, -0.2) is 4.79 Å². The summed E-state index contributed by atoms with van der Waals surface area (Å²) in [5, 5.41) is 12.4. The van der Waals surface area contributed by atoms with Crippen molar-refractivity contribution in [3.05, 3.63) is 23.8 Å². The smallest absolute Gasteiger partial charge is 0.339 e. The van der Waals surface area contributed by atoms with E-state index in [1.165, 1.54) is 13.2 Å². The quantitative estimate of drug-likeness (QED) is 0.827. The Labute approximate surface area is 106 Å². The third kappa shape index (κ3) is 2.73. The number of ether oxygens (including phenoxy) is 2. The third-order valence-electron chi connectivity index (χ3n) is 3.05. The van der Waals surface area contributed by atoms with Crippen LogP contribution >= 0.6 is 0 Å². The highest BCUT2D eigenvalue weighted by Crippen LogP contribution is 2.31. The Kier molecular flexibility index (Phi) is 4.04. The summed E-state index contributed by atoms with van der Waals surface area (Å²) in [5.41, 5.74) is 0.139. The lowest BCUT2D eigenvalue weighted by Crippen LogP contribution is -2.16. The van der Waals surface area contributed by atoms with Crippen molar-refractivity contribution >= 4 is 5.97 Å². The van der Waals surface area contributed by atoms with E-state index in [-0.39, 0.29) is 5.56 Å². The Morgan fingerprint density at radius 1 is 1.56 bits per heavy atom. The van der Waals surface area contributed by atoms with Gasteiger partial charge in [0.05, 0.1) is 13.7 Å². The molecule has 1 unspecified atom stereocenters. The number of carboxylic acid groups (broad SMARTS) is 1. The van der Waals surface area contributed by atoms with Gasteiger partial charge in [0, 0.05) is 12.5 Å². The number of carbonyl (C=O) groups is 1. The molecule has 1 atom stereocenters. The molecule has 98 valence electrons. The van der Waals surface area contributed by atoms with Crippen LogP contribution in [-0.2, 0) is 0 Å². The molecule has 0 amide bonds. The fourth-order valence-corrected chi connectivity index (χ4v) is 2.05. The fraction of sp³-hybridized carbons (Fsp3) is 0.462. The summed E-state index contributed by atoms with van der Waals surface area (Å²) in [6, 6.07) is 4.87. The first-order valence-corrected chi connectivity index (χ1v) is 5.96. The number of aromatic carboxylic acids is 1. The van der Waals surface area contributed by atoms with Crippen molar-refractivity contribution in [1.29, 1.82) is 0 Å². The SMILES string of the molecule is COc1cccc(C(=O)O)c1OCC1CCNC1. The summed E-state index contributed by atoms with van der Waals surface area (Å²) >= 11 is 0. The van der Waals surface area contributed by atoms with Crippen molar-refractivity contribution in [2.75, 3.05) is 26.8 Å². The van der Waals surface area contributed by atoms with E-state index in [1.54, 1.807) is 12.1 Å². The zero-order chi connectivity index (χ0) is 13.0. The molecule has 2 rings (SSSR count). The van der Waals surface area contributed by atoms with Crippen molar-refractivity contribution in [2.24, 2.45) is 5.92 Å². The van der Waals surface area contributed by atoms with Crippen LogP contribution in [0.1, 0.15) is 16.8 Å². The predicted octanol–water partition coefficient (Wildman–Crippen LogP) is 1.38. The van der Waals surface area contributed by atoms with Gasteiger partial charge < -0.3 is 19.9 Å². The van der Waals surface area contributed by atoms with Crippen molar-refractivity contribution in [3.8, 4) is 11.5 Å². The predicted molar refractivity (Wildman–Crippen MR) is 66.4 cm³/mol. The molecule has 0 bridgehead atoms. The van der Waals surface area contributed by atoms with Gasteiger partial charge in [-0.15, -0.1) is 0 Å². The number of nitrogens with one attached hydrogen (secondary N) is 1. The van der Waals surface area contributed by atoms with E-state index in [4.69, 9.17) is 14.6 Å². The van der Waals surface area contributed by atoms with Crippen LogP contribution in [0.15, 0.2) is 18.2 Å². The normalized spacial score (nSPS) is 18.6. The molecule has 0 saturated carbocycles. The number of carboxylic acids is 1. The highest BCUT2D eigenvalue weighted by Gasteiger charge is 2.20. The van der Waals surface area contributed by atoms with Gasteiger partial charge in [-0.3, -0.25) is 0 Å². The largest absolute Gasteiger partial charge is 0.493 e. The van der Waals surface area contributed by atoms with Gasteiger partial charge in [0.2, 0.25) is 0 Å². The van der Waals surface area contributed by atoms with Gasteiger partial charge in [0.25, 0.3) is 0 Å². The lowest BCUT2D eigenvalue weighted by atomic mass is 10.1. The van der Waals surface area contributed by atoms with Crippen LogP contribution in [0, 0.1) is 5.92 Å². The van der Waals surface area contributed by atoms with E-state index in [0.717, 1.165) is 19.5 Å². The second-order valence-electron chi connectivity index (χ2n) is 4.31. The molecule has 1 aliphatic heterocycles. The highest BCUT2D eigenvalue weighted by atomic mass is 16.5. The Hall–Kier alpha value is -1.75. The standard InChI is InChI=1S/C13H17NO4/c1-17-11-4-2-3-10(13(15)16)12(11)18-8-9-5-6-14-7-9/h2-4,9,14H,5-8H2,1H3,(H,15,16). The molecule has 1 aliphatic rings. The minimum Gasteiger partial charge on any atom is -0.493 e. The molecule has 1 heterocycles. The lowest BCUT2D eigenvalue weighted by molar-refractivity contribution is 0.0690. The number of hydrogen-bond acceptors (Lipinski definition) is 4. The van der Waals surface area contributed by atoms with Crippen LogP contribution in [0.5, 0.6) is 11.5 Å². The zero-order valence-corrected chi connectivity index (χ0v) is 10.3. The molecule has 1 aromatic carbocycles. The number of methoxy groups -OCH3 is 1. The molecule has 0 aromatic heterocycles. The van der Waals surface area contributed by atoms with Crippen LogP contribution in [0.3, 0.4) is 0 Å². The molecule has 0 radical (unpaired) electrons. The summed E-state index contributed by atoms with van der Waals surface area (Å²) in [7, 11) is 1.50. The van der Waals surface area contributed by atoms with Gasteiger partial charge in [-0.05, 0) is 25.1 Å². The van der Waals surface area contributed by atoms with E-state index >= 15 is 0 Å². The van der Waals surface area contributed by atoms with Gasteiger partial charge in [0.1, 0.15) is 5.56 Å². The van der Waals surface area contributed by atoms with Gasteiger partial charge in [-0.2, -0.15) is 0 Å². The Balaban J connectivity index is 2.15. The van der Waals surface area contributed by atoms with Crippen molar-refractivity contribution in [2.45, 2.75) is 6.42 Å². The van der Waals surface area contributed by atoms with Crippen LogP contribution in [-0.4, -0.2) is 37.9 Å². The lowest BCUT2D eigenvalue weighted by Gasteiger charge is -2.15. The first-order valence-electron chi connectivity index (χ1n) is 5.96.